The topological polar surface area (TPSA) is 61.2 Å². The molecule has 256 valence electrons. The number of benzene rings is 7. The molecule has 0 bridgehead atoms. The van der Waals surface area contributed by atoms with Gasteiger partial charge in [-0.3, -0.25) is 4.57 Å². The van der Waals surface area contributed by atoms with E-state index >= 15 is 0 Å². The molecule has 7 aromatic carbocycles. The van der Waals surface area contributed by atoms with Crippen molar-refractivity contribution >= 4 is 60.2 Å². The SMILES string of the molecule is c1ccc(C2N=C(c3ccnc(-n4c5ccccc5c5cc6c7ccccc7n(-c7ccccc7)c6cc54)c3)[N-]C(c3ccc4ccccc4c3)N2)cc1. The third kappa shape index (κ3) is 4.92. The van der Waals surface area contributed by atoms with Crippen LogP contribution in [0.3, 0.4) is 0 Å². The summed E-state index contributed by atoms with van der Waals surface area (Å²) < 4.78 is 4.66. The minimum Gasteiger partial charge on any atom is -0.445 e. The molecule has 10 aromatic rings. The minimum atomic E-state index is -0.287. The Balaban J connectivity index is 1.09. The first kappa shape index (κ1) is 30.6. The highest BCUT2D eigenvalue weighted by atomic mass is 15.3. The average Bonchev–Trinajstić information content (AvgIpc) is 3.75. The highest BCUT2D eigenvalue weighted by Crippen LogP contribution is 2.40. The van der Waals surface area contributed by atoms with Crippen LogP contribution in [0, 0.1) is 0 Å². The number of hydrogen-bond acceptors (Lipinski definition) is 3. The molecule has 0 saturated heterocycles. The summed E-state index contributed by atoms with van der Waals surface area (Å²) in [5.74, 6) is 1.51. The van der Waals surface area contributed by atoms with Gasteiger partial charge in [-0.15, -0.1) is 0 Å². The molecule has 4 heterocycles. The van der Waals surface area contributed by atoms with Crippen LogP contribution in [0.15, 0.2) is 187 Å². The zero-order valence-electron chi connectivity index (χ0n) is 29.2. The molecule has 0 saturated carbocycles. The Bertz CT molecular complexity index is 3070. The van der Waals surface area contributed by atoms with E-state index in [2.05, 4.69) is 178 Å². The quantitative estimate of drug-likeness (QED) is 0.195. The first-order chi connectivity index (χ1) is 26.8. The van der Waals surface area contributed by atoms with Crippen LogP contribution in [0.1, 0.15) is 29.0 Å². The summed E-state index contributed by atoms with van der Waals surface area (Å²) >= 11 is 0. The minimum absolute atomic E-state index is 0.270. The largest absolute Gasteiger partial charge is 0.445 e. The van der Waals surface area contributed by atoms with Crippen molar-refractivity contribution in [3.63, 3.8) is 0 Å². The second-order valence-electron chi connectivity index (χ2n) is 13.9. The maximum atomic E-state index is 5.26. The van der Waals surface area contributed by atoms with Crippen LogP contribution in [-0.2, 0) is 0 Å². The molecule has 0 radical (unpaired) electrons. The maximum absolute atomic E-state index is 5.26. The summed E-state index contributed by atoms with van der Waals surface area (Å²) in [6.07, 6.45) is 1.33. The van der Waals surface area contributed by atoms with E-state index in [1.807, 2.05) is 18.3 Å². The van der Waals surface area contributed by atoms with Gasteiger partial charge in [-0.25, -0.2) is 4.98 Å². The summed E-state index contributed by atoms with van der Waals surface area (Å²) in [7, 11) is 0. The van der Waals surface area contributed by atoms with Crippen molar-refractivity contribution in [1.82, 2.24) is 19.4 Å². The van der Waals surface area contributed by atoms with Gasteiger partial charge in [0, 0.05) is 45.8 Å². The lowest BCUT2D eigenvalue weighted by atomic mass is 10.0. The van der Waals surface area contributed by atoms with Gasteiger partial charge in [0.2, 0.25) is 0 Å². The van der Waals surface area contributed by atoms with Gasteiger partial charge in [-0.05, 0) is 82.1 Å². The van der Waals surface area contributed by atoms with Crippen LogP contribution in [0.25, 0.3) is 71.2 Å². The Kier molecular flexibility index (Phi) is 6.97. The Hall–Kier alpha value is -7.02. The van der Waals surface area contributed by atoms with Gasteiger partial charge in [-0.2, -0.15) is 0 Å². The molecule has 1 aliphatic heterocycles. The number of aromatic nitrogens is 3. The lowest BCUT2D eigenvalue weighted by molar-refractivity contribution is 0.488. The Morgan fingerprint density at radius 3 is 1.91 bits per heavy atom. The van der Waals surface area contributed by atoms with Gasteiger partial charge in [0.25, 0.3) is 0 Å². The van der Waals surface area contributed by atoms with E-state index in [1.165, 1.54) is 37.8 Å². The van der Waals surface area contributed by atoms with Crippen molar-refractivity contribution in [2.75, 3.05) is 0 Å². The third-order valence-electron chi connectivity index (χ3n) is 10.7. The Labute approximate surface area is 311 Å². The summed E-state index contributed by atoms with van der Waals surface area (Å²) in [4.78, 5) is 10.2. The number of para-hydroxylation sites is 3. The predicted molar refractivity (Wildman–Crippen MR) is 222 cm³/mol. The zero-order chi connectivity index (χ0) is 35.6. The molecule has 0 amide bonds. The lowest BCUT2D eigenvalue weighted by Crippen LogP contribution is -2.31. The fourth-order valence-corrected chi connectivity index (χ4v) is 8.22. The molecule has 3 aromatic heterocycles. The van der Waals surface area contributed by atoms with Crippen molar-refractivity contribution in [3.05, 3.63) is 204 Å². The Morgan fingerprint density at radius 1 is 0.481 bits per heavy atom. The maximum Gasteiger partial charge on any atom is 0.138 e. The monoisotopic (exact) mass is 693 g/mol. The third-order valence-corrected chi connectivity index (χ3v) is 10.7. The van der Waals surface area contributed by atoms with Crippen LogP contribution < -0.4 is 5.32 Å². The van der Waals surface area contributed by atoms with Crippen LogP contribution in [0.2, 0.25) is 0 Å². The van der Waals surface area contributed by atoms with Crippen LogP contribution in [0.5, 0.6) is 0 Å². The Morgan fingerprint density at radius 2 is 1.13 bits per heavy atom. The van der Waals surface area contributed by atoms with E-state index in [9.17, 15) is 0 Å². The molecule has 0 aliphatic carbocycles. The molecular formula is C48H33N6-. The molecule has 0 fully saturated rings. The summed E-state index contributed by atoms with van der Waals surface area (Å²) in [6, 6.07) is 62.2. The second-order valence-corrected chi connectivity index (χ2v) is 13.9. The molecule has 0 spiro atoms. The summed E-state index contributed by atoms with van der Waals surface area (Å²) in [5.41, 5.74) is 8.75. The number of fused-ring (bicyclic) bond motifs is 7. The van der Waals surface area contributed by atoms with Crippen molar-refractivity contribution in [2.45, 2.75) is 12.3 Å². The molecule has 2 atom stereocenters. The van der Waals surface area contributed by atoms with Crippen molar-refractivity contribution in [3.8, 4) is 11.5 Å². The van der Waals surface area contributed by atoms with Gasteiger partial charge < -0.3 is 20.2 Å². The van der Waals surface area contributed by atoms with Gasteiger partial charge >= 0.3 is 0 Å². The fourth-order valence-electron chi connectivity index (χ4n) is 8.22. The second kappa shape index (κ2) is 12.3. The van der Waals surface area contributed by atoms with Crippen LogP contribution >= 0.6 is 0 Å². The number of nitrogens with zero attached hydrogens (tertiary/aromatic N) is 5. The lowest BCUT2D eigenvalue weighted by Gasteiger charge is -2.40. The van der Waals surface area contributed by atoms with E-state index in [1.54, 1.807) is 0 Å². The zero-order valence-corrected chi connectivity index (χ0v) is 29.2. The number of rotatable bonds is 5. The first-order valence-corrected chi connectivity index (χ1v) is 18.3. The standard InChI is InChI=1S/C48H33N6/c1-3-14-32(15-4-1)46-50-47(34-24-23-31-13-7-8-16-33(31)27-34)52-48(51-46)35-25-26-49-45(28-35)54-42-22-12-10-20-38(42)40-29-39-37-19-9-11-21-41(37)53(43(39)30-44(40)54)36-17-5-2-6-18-36/h1-30,46-47,50H/q-1. The number of pyridine rings is 1. The molecule has 6 nitrogen and oxygen atoms in total. The molecule has 1 N–H and O–H groups in total. The van der Waals surface area contributed by atoms with E-state index < -0.39 is 0 Å². The average molecular weight is 694 g/mol. The molecule has 6 heteroatoms. The highest BCUT2D eigenvalue weighted by Gasteiger charge is 2.21. The molecule has 2 unspecified atom stereocenters. The summed E-state index contributed by atoms with van der Waals surface area (Å²) in [5, 5.41) is 16.2. The molecular weight excluding hydrogens is 661 g/mol. The van der Waals surface area contributed by atoms with E-state index in [0.29, 0.717) is 5.84 Å². The number of hydrogen-bond donors (Lipinski definition) is 1. The van der Waals surface area contributed by atoms with Gasteiger partial charge in [0.1, 0.15) is 5.82 Å². The van der Waals surface area contributed by atoms with Crippen LogP contribution in [0.4, 0.5) is 0 Å². The predicted octanol–water partition coefficient (Wildman–Crippen LogP) is 11.6. The van der Waals surface area contributed by atoms with E-state index in [0.717, 1.165) is 44.7 Å². The molecule has 11 rings (SSSR count). The normalized spacial score (nSPS) is 16.0. The van der Waals surface area contributed by atoms with Crippen molar-refractivity contribution < 1.29 is 0 Å². The molecule has 54 heavy (non-hydrogen) atoms. The number of aliphatic imine (C=N–C) groups is 1. The van der Waals surface area contributed by atoms with Crippen LogP contribution in [-0.4, -0.2) is 20.0 Å². The number of nitrogens with one attached hydrogen (secondary N) is 1. The summed E-state index contributed by atoms with van der Waals surface area (Å²) in [6.45, 7) is 0. The first-order valence-electron chi connectivity index (χ1n) is 18.3. The fraction of sp³-hybridized carbons (Fsp3) is 0.0417. The van der Waals surface area contributed by atoms with Gasteiger partial charge in [0.05, 0.1) is 22.1 Å². The van der Waals surface area contributed by atoms with E-state index in [4.69, 9.17) is 15.3 Å². The van der Waals surface area contributed by atoms with Gasteiger partial charge in [0.15, 0.2) is 0 Å². The molecule has 1 aliphatic rings. The van der Waals surface area contributed by atoms with Gasteiger partial charge in [-0.1, -0.05) is 127 Å². The smallest absolute Gasteiger partial charge is 0.138 e. The highest BCUT2D eigenvalue weighted by molar-refractivity contribution is 6.19. The van der Waals surface area contributed by atoms with Crippen molar-refractivity contribution in [2.24, 2.45) is 4.99 Å². The van der Waals surface area contributed by atoms with E-state index in [-0.39, 0.29) is 12.3 Å². The van der Waals surface area contributed by atoms with Crippen molar-refractivity contribution in [1.29, 1.82) is 0 Å². The number of amidine groups is 1.